The number of anilines is 1. The van der Waals surface area contributed by atoms with Gasteiger partial charge in [-0.3, -0.25) is 9.59 Å². The standard InChI is InChI=1S/C20H23N5O3S2/c1-10-11(2)30-19-16(10)18(27)24-15(25-19)9-29-12(3)17(26)22-8-13-4-6-14(7-5-13)23-20(21)28/h4-7,12H,8-9H2,1-3H3,(H,22,26)(H3,21,23,28)(H,24,25,27). The van der Waals surface area contributed by atoms with Crippen LogP contribution < -0.4 is 21.9 Å². The van der Waals surface area contributed by atoms with Crippen LogP contribution in [0.2, 0.25) is 0 Å². The molecule has 3 aromatic rings. The minimum atomic E-state index is -0.624. The molecule has 5 N–H and O–H groups in total. The molecule has 10 heteroatoms. The number of carbonyl (C=O) groups excluding carboxylic acids is 2. The monoisotopic (exact) mass is 445 g/mol. The van der Waals surface area contributed by atoms with E-state index in [1.165, 1.54) is 23.1 Å². The number of hydrogen-bond acceptors (Lipinski definition) is 6. The van der Waals surface area contributed by atoms with Gasteiger partial charge in [0.2, 0.25) is 5.91 Å². The zero-order valence-corrected chi connectivity index (χ0v) is 18.5. The number of benzene rings is 1. The summed E-state index contributed by atoms with van der Waals surface area (Å²) in [6.45, 7) is 6.09. The van der Waals surface area contributed by atoms with Crippen molar-refractivity contribution in [1.82, 2.24) is 15.3 Å². The molecule has 0 aliphatic carbocycles. The number of thioether (sulfide) groups is 1. The van der Waals surface area contributed by atoms with E-state index in [2.05, 4.69) is 20.6 Å². The van der Waals surface area contributed by atoms with Crippen molar-refractivity contribution in [3.8, 4) is 0 Å². The third-order valence-corrected chi connectivity index (χ3v) is 6.87. The van der Waals surface area contributed by atoms with E-state index in [1.54, 1.807) is 24.3 Å². The highest BCUT2D eigenvalue weighted by atomic mass is 32.2. The number of thiophene rings is 1. The summed E-state index contributed by atoms with van der Waals surface area (Å²) in [4.78, 5) is 44.7. The number of aryl methyl sites for hydroxylation is 2. The Bertz CT molecular complexity index is 1140. The fourth-order valence-electron chi connectivity index (χ4n) is 2.83. The number of hydrogen-bond donors (Lipinski definition) is 4. The number of nitrogens with one attached hydrogen (secondary N) is 3. The van der Waals surface area contributed by atoms with E-state index in [-0.39, 0.29) is 16.7 Å². The van der Waals surface area contributed by atoms with Crippen molar-refractivity contribution < 1.29 is 9.59 Å². The third kappa shape index (κ3) is 5.19. The molecule has 0 aliphatic rings. The molecular weight excluding hydrogens is 422 g/mol. The maximum atomic E-state index is 12.4. The van der Waals surface area contributed by atoms with Gasteiger partial charge in [0.1, 0.15) is 10.7 Å². The van der Waals surface area contributed by atoms with Gasteiger partial charge in [-0.05, 0) is 44.0 Å². The van der Waals surface area contributed by atoms with Crippen molar-refractivity contribution in [2.24, 2.45) is 5.73 Å². The summed E-state index contributed by atoms with van der Waals surface area (Å²) < 4.78 is 0. The zero-order valence-electron chi connectivity index (χ0n) is 16.9. The number of fused-ring (bicyclic) bond motifs is 1. The summed E-state index contributed by atoms with van der Waals surface area (Å²) in [6.07, 6.45) is 0. The van der Waals surface area contributed by atoms with Crippen molar-refractivity contribution >= 4 is 50.9 Å². The van der Waals surface area contributed by atoms with E-state index in [4.69, 9.17) is 5.73 Å². The molecule has 0 aliphatic heterocycles. The van der Waals surface area contributed by atoms with Gasteiger partial charge >= 0.3 is 6.03 Å². The van der Waals surface area contributed by atoms with E-state index >= 15 is 0 Å². The molecule has 3 amide bonds. The highest BCUT2D eigenvalue weighted by molar-refractivity contribution is 7.99. The molecular formula is C20H23N5O3S2. The number of amides is 3. The molecule has 0 saturated heterocycles. The first-order chi connectivity index (χ1) is 14.2. The number of rotatable bonds is 7. The van der Waals surface area contributed by atoms with Crippen molar-refractivity contribution in [1.29, 1.82) is 0 Å². The van der Waals surface area contributed by atoms with Crippen LogP contribution in [-0.2, 0) is 17.1 Å². The van der Waals surface area contributed by atoms with Crippen LogP contribution in [0.4, 0.5) is 10.5 Å². The zero-order chi connectivity index (χ0) is 21.8. The molecule has 0 bridgehead atoms. The average Bonchev–Trinajstić information content (AvgIpc) is 2.99. The quantitative estimate of drug-likeness (QED) is 0.444. The van der Waals surface area contributed by atoms with E-state index in [0.717, 1.165) is 20.8 Å². The Labute approximate surface area is 181 Å². The number of aromatic nitrogens is 2. The second-order valence-electron chi connectivity index (χ2n) is 6.83. The Hall–Kier alpha value is -2.85. The largest absolute Gasteiger partial charge is 0.351 e. The molecule has 8 nitrogen and oxygen atoms in total. The van der Waals surface area contributed by atoms with Crippen LogP contribution in [0.3, 0.4) is 0 Å². The van der Waals surface area contributed by atoms with Crippen LogP contribution in [0.25, 0.3) is 10.2 Å². The van der Waals surface area contributed by atoms with Gasteiger partial charge < -0.3 is 21.4 Å². The predicted octanol–water partition coefficient (Wildman–Crippen LogP) is 3.03. The molecule has 1 unspecified atom stereocenters. The molecule has 158 valence electrons. The first-order valence-electron chi connectivity index (χ1n) is 9.28. The first kappa shape index (κ1) is 21.8. The van der Waals surface area contributed by atoms with Crippen LogP contribution >= 0.6 is 23.1 Å². The molecule has 0 spiro atoms. The SMILES string of the molecule is Cc1sc2nc(CSC(C)C(=O)NCc3ccc(NC(N)=O)cc3)[nH]c(=O)c2c1C. The highest BCUT2D eigenvalue weighted by Crippen LogP contribution is 2.26. The number of urea groups is 1. The number of primary amides is 1. The summed E-state index contributed by atoms with van der Waals surface area (Å²) >= 11 is 2.92. The fraction of sp³-hybridized carbons (Fsp3) is 0.300. The molecule has 0 radical (unpaired) electrons. The minimum absolute atomic E-state index is 0.106. The Morgan fingerprint density at radius 3 is 2.63 bits per heavy atom. The number of H-pyrrole nitrogens is 1. The van der Waals surface area contributed by atoms with Crippen molar-refractivity contribution in [3.05, 3.63) is 56.4 Å². The summed E-state index contributed by atoms with van der Waals surface area (Å²) in [6, 6.07) is 6.42. The minimum Gasteiger partial charge on any atom is -0.351 e. The van der Waals surface area contributed by atoms with Gasteiger partial charge in [-0.25, -0.2) is 9.78 Å². The van der Waals surface area contributed by atoms with E-state index in [0.29, 0.717) is 29.2 Å². The molecule has 0 fully saturated rings. The topological polar surface area (TPSA) is 130 Å². The Morgan fingerprint density at radius 1 is 1.27 bits per heavy atom. The van der Waals surface area contributed by atoms with Gasteiger partial charge in [0.25, 0.3) is 5.56 Å². The van der Waals surface area contributed by atoms with Gasteiger partial charge in [0.05, 0.1) is 16.4 Å². The lowest BCUT2D eigenvalue weighted by Gasteiger charge is -2.12. The van der Waals surface area contributed by atoms with E-state index in [1.807, 2.05) is 20.8 Å². The predicted molar refractivity (Wildman–Crippen MR) is 122 cm³/mol. The normalized spacial score (nSPS) is 12.0. The van der Waals surface area contributed by atoms with Crippen molar-refractivity contribution in [3.63, 3.8) is 0 Å². The van der Waals surface area contributed by atoms with Crippen LogP contribution in [0.15, 0.2) is 29.1 Å². The lowest BCUT2D eigenvalue weighted by atomic mass is 10.2. The summed E-state index contributed by atoms with van der Waals surface area (Å²) in [7, 11) is 0. The van der Waals surface area contributed by atoms with E-state index < -0.39 is 6.03 Å². The van der Waals surface area contributed by atoms with Crippen LogP contribution in [0.5, 0.6) is 0 Å². The lowest BCUT2D eigenvalue weighted by Crippen LogP contribution is -2.30. The smallest absolute Gasteiger partial charge is 0.316 e. The molecule has 1 atom stereocenters. The average molecular weight is 446 g/mol. The Kier molecular flexibility index (Phi) is 6.78. The number of nitrogens with two attached hydrogens (primary N) is 1. The molecule has 30 heavy (non-hydrogen) atoms. The van der Waals surface area contributed by atoms with Gasteiger partial charge in [0.15, 0.2) is 0 Å². The second kappa shape index (κ2) is 9.31. The Morgan fingerprint density at radius 2 is 1.97 bits per heavy atom. The lowest BCUT2D eigenvalue weighted by molar-refractivity contribution is -0.120. The third-order valence-electron chi connectivity index (χ3n) is 4.62. The molecule has 3 rings (SSSR count). The van der Waals surface area contributed by atoms with Crippen molar-refractivity contribution in [2.45, 2.75) is 38.3 Å². The van der Waals surface area contributed by atoms with E-state index in [9.17, 15) is 14.4 Å². The van der Waals surface area contributed by atoms with Gasteiger partial charge in [0, 0.05) is 17.1 Å². The van der Waals surface area contributed by atoms with Gasteiger partial charge in [-0.1, -0.05) is 12.1 Å². The fourth-order valence-corrected chi connectivity index (χ4v) is 4.66. The summed E-state index contributed by atoms with van der Waals surface area (Å²) in [5.41, 5.74) is 7.40. The van der Waals surface area contributed by atoms with Gasteiger partial charge in [-0.15, -0.1) is 23.1 Å². The highest BCUT2D eigenvalue weighted by Gasteiger charge is 2.16. The Balaban J connectivity index is 1.54. The summed E-state index contributed by atoms with van der Waals surface area (Å²) in [5, 5.41) is 5.71. The number of nitrogens with zero attached hydrogens (tertiary/aromatic N) is 1. The first-order valence-corrected chi connectivity index (χ1v) is 11.1. The summed E-state index contributed by atoms with van der Waals surface area (Å²) in [5.74, 6) is 0.894. The van der Waals surface area contributed by atoms with Crippen LogP contribution in [-0.4, -0.2) is 27.2 Å². The van der Waals surface area contributed by atoms with Crippen LogP contribution in [0, 0.1) is 13.8 Å². The number of aromatic amines is 1. The number of carbonyl (C=O) groups is 2. The van der Waals surface area contributed by atoms with Gasteiger partial charge in [-0.2, -0.15) is 0 Å². The molecule has 0 saturated carbocycles. The van der Waals surface area contributed by atoms with Crippen molar-refractivity contribution in [2.75, 3.05) is 5.32 Å². The maximum Gasteiger partial charge on any atom is 0.316 e. The van der Waals surface area contributed by atoms with Crippen LogP contribution in [0.1, 0.15) is 28.8 Å². The molecule has 1 aromatic carbocycles. The molecule has 2 heterocycles. The maximum absolute atomic E-state index is 12.4. The second-order valence-corrected chi connectivity index (χ2v) is 9.37. The molecule has 2 aromatic heterocycles.